The van der Waals surface area contributed by atoms with Crippen LogP contribution in [0.2, 0.25) is 0 Å². The number of carbonyl (C=O) groups excluding carboxylic acids is 1. The van der Waals surface area contributed by atoms with E-state index in [0.29, 0.717) is 5.69 Å². The number of amides is 1. The summed E-state index contributed by atoms with van der Waals surface area (Å²) < 4.78 is 27.1. The second-order valence-corrected chi connectivity index (χ2v) is 7.06. The number of nitrogens with zero attached hydrogens (tertiary/aromatic N) is 3. The minimum absolute atomic E-state index is 0.0558. The van der Waals surface area contributed by atoms with Crippen LogP contribution in [-0.4, -0.2) is 50.7 Å². The van der Waals surface area contributed by atoms with Gasteiger partial charge in [0.15, 0.2) is 0 Å². The van der Waals surface area contributed by atoms with E-state index in [4.69, 9.17) is 0 Å². The van der Waals surface area contributed by atoms with Crippen molar-refractivity contribution in [3.05, 3.63) is 66.1 Å². The van der Waals surface area contributed by atoms with Crippen LogP contribution in [0.1, 0.15) is 22.6 Å². The molecule has 31 heavy (non-hydrogen) atoms. The van der Waals surface area contributed by atoms with Gasteiger partial charge in [-0.2, -0.15) is 13.9 Å². The second-order valence-electron chi connectivity index (χ2n) is 7.06. The average Bonchev–Trinajstić information content (AvgIpc) is 3.33. The molecule has 0 bridgehead atoms. The monoisotopic (exact) mass is 425 g/mol. The van der Waals surface area contributed by atoms with Gasteiger partial charge < -0.3 is 14.6 Å². The summed E-state index contributed by atoms with van der Waals surface area (Å²) in [5, 5.41) is 7.87. The SMILES string of the molecule is Cc1[nH]ncc1-c1ccc2cc(C(=O)N3CCC3)[nH]c2n1.FC(F)Oc1ccccc1. The summed E-state index contributed by atoms with van der Waals surface area (Å²) in [5.74, 6) is 0.248. The van der Waals surface area contributed by atoms with Gasteiger partial charge in [-0.3, -0.25) is 9.89 Å². The van der Waals surface area contributed by atoms with Crippen LogP contribution in [0, 0.1) is 6.92 Å². The van der Waals surface area contributed by atoms with E-state index < -0.39 is 6.61 Å². The molecule has 1 saturated heterocycles. The second kappa shape index (κ2) is 8.95. The molecule has 7 nitrogen and oxygen atoms in total. The summed E-state index contributed by atoms with van der Waals surface area (Å²) >= 11 is 0. The van der Waals surface area contributed by atoms with E-state index in [1.807, 2.05) is 30.0 Å². The molecular formula is C22H21F2N5O2. The number of H-pyrrole nitrogens is 2. The van der Waals surface area contributed by atoms with E-state index in [1.165, 1.54) is 12.1 Å². The number of rotatable bonds is 4. The molecule has 3 aromatic heterocycles. The molecule has 1 fully saturated rings. The van der Waals surface area contributed by atoms with Gasteiger partial charge >= 0.3 is 6.61 Å². The molecule has 4 aromatic rings. The number of fused-ring (bicyclic) bond motifs is 1. The van der Waals surface area contributed by atoms with Crippen LogP contribution < -0.4 is 4.74 Å². The molecule has 1 aliphatic heterocycles. The van der Waals surface area contributed by atoms with E-state index >= 15 is 0 Å². The molecule has 0 atom stereocenters. The molecule has 0 aliphatic carbocycles. The van der Waals surface area contributed by atoms with Gasteiger partial charge in [-0.05, 0) is 43.7 Å². The maximum absolute atomic E-state index is 12.2. The third kappa shape index (κ3) is 4.71. The number of carbonyl (C=O) groups is 1. The number of para-hydroxylation sites is 1. The number of nitrogens with one attached hydrogen (secondary N) is 2. The fourth-order valence-corrected chi connectivity index (χ4v) is 3.17. The third-order valence-electron chi connectivity index (χ3n) is 4.93. The first-order chi connectivity index (χ1) is 15.0. The van der Waals surface area contributed by atoms with Gasteiger partial charge in [0.1, 0.15) is 17.1 Å². The van der Waals surface area contributed by atoms with Crippen LogP contribution in [0.15, 0.2) is 54.7 Å². The highest BCUT2D eigenvalue weighted by molar-refractivity contribution is 5.97. The predicted octanol–water partition coefficient (Wildman–Crippen LogP) is 4.40. The van der Waals surface area contributed by atoms with Crippen LogP contribution in [0.25, 0.3) is 22.3 Å². The quantitative estimate of drug-likeness (QED) is 0.508. The summed E-state index contributed by atoms with van der Waals surface area (Å²) in [6.45, 7) is 0.923. The van der Waals surface area contributed by atoms with Crippen LogP contribution in [-0.2, 0) is 0 Å². The summed E-state index contributed by atoms with van der Waals surface area (Å²) in [4.78, 5) is 21.8. The molecule has 5 rings (SSSR count). The fourth-order valence-electron chi connectivity index (χ4n) is 3.17. The van der Waals surface area contributed by atoms with Crippen molar-refractivity contribution in [2.75, 3.05) is 13.1 Å². The smallest absolute Gasteiger partial charge is 0.387 e. The summed E-state index contributed by atoms with van der Waals surface area (Å²) in [6.07, 6.45) is 2.85. The van der Waals surface area contributed by atoms with Gasteiger partial charge in [-0.25, -0.2) is 4.98 Å². The summed E-state index contributed by atoms with van der Waals surface area (Å²) in [6, 6.07) is 13.8. The fraction of sp³-hybridized carbons (Fsp3) is 0.227. The lowest BCUT2D eigenvalue weighted by Crippen LogP contribution is -2.42. The van der Waals surface area contributed by atoms with Crippen LogP contribution in [0.5, 0.6) is 5.75 Å². The van der Waals surface area contributed by atoms with Crippen LogP contribution in [0.3, 0.4) is 0 Å². The Hall–Kier alpha value is -3.75. The largest absolute Gasteiger partial charge is 0.435 e. The van der Waals surface area contributed by atoms with Crippen molar-refractivity contribution in [2.24, 2.45) is 0 Å². The molecule has 4 heterocycles. The first-order valence-electron chi connectivity index (χ1n) is 9.80. The van der Waals surface area contributed by atoms with Crippen LogP contribution >= 0.6 is 0 Å². The average molecular weight is 425 g/mol. The Morgan fingerprint density at radius 1 is 1.16 bits per heavy atom. The Morgan fingerprint density at radius 2 is 1.94 bits per heavy atom. The van der Waals surface area contributed by atoms with E-state index in [9.17, 15) is 13.6 Å². The first-order valence-corrected chi connectivity index (χ1v) is 9.80. The number of alkyl halides is 2. The highest BCUT2D eigenvalue weighted by atomic mass is 19.3. The molecule has 0 radical (unpaired) electrons. The maximum Gasteiger partial charge on any atom is 0.387 e. The first kappa shape index (κ1) is 20.5. The molecule has 160 valence electrons. The standard InChI is InChI=1S/C15H15N5O.C7H6F2O/c1-9-11(8-16-19-9)12-4-3-10-7-13(18-14(10)17-12)15(21)20-5-2-6-20;8-7(9)10-6-4-2-1-3-5-6/h3-4,7-8H,2,5-6H2,1H3,(H,16,19)(H,17,18);1-5,7H. The number of likely N-dealkylation sites (tertiary alicyclic amines) is 1. The number of aryl methyl sites for hydroxylation is 1. The van der Waals surface area contributed by atoms with Crippen molar-refractivity contribution in [3.8, 4) is 17.0 Å². The number of ether oxygens (including phenoxy) is 1. The zero-order valence-electron chi connectivity index (χ0n) is 16.8. The van der Waals surface area contributed by atoms with Gasteiger partial charge in [0.25, 0.3) is 5.91 Å². The van der Waals surface area contributed by atoms with Crippen molar-refractivity contribution in [1.82, 2.24) is 25.1 Å². The highest BCUT2D eigenvalue weighted by Gasteiger charge is 2.23. The van der Waals surface area contributed by atoms with Gasteiger partial charge in [-0.1, -0.05) is 18.2 Å². The highest BCUT2D eigenvalue weighted by Crippen LogP contribution is 2.23. The van der Waals surface area contributed by atoms with Crippen LogP contribution in [0.4, 0.5) is 8.78 Å². The zero-order chi connectivity index (χ0) is 21.8. The Kier molecular flexibility index (Phi) is 5.92. The third-order valence-corrected chi connectivity index (χ3v) is 4.93. The van der Waals surface area contributed by atoms with Crippen molar-refractivity contribution >= 4 is 16.9 Å². The topological polar surface area (TPSA) is 86.9 Å². The molecular weight excluding hydrogens is 404 g/mol. The predicted molar refractivity (Wildman–Crippen MR) is 112 cm³/mol. The van der Waals surface area contributed by atoms with E-state index in [0.717, 1.165) is 47.5 Å². The molecule has 0 unspecified atom stereocenters. The number of halogens is 2. The van der Waals surface area contributed by atoms with Gasteiger partial charge in [-0.15, -0.1) is 0 Å². The molecule has 0 spiro atoms. The Labute approximate surface area is 177 Å². The lowest BCUT2D eigenvalue weighted by molar-refractivity contribution is -0.0498. The Bertz CT molecular complexity index is 1170. The molecule has 9 heteroatoms. The molecule has 1 aliphatic rings. The van der Waals surface area contributed by atoms with Crippen molar-refractivity contribution in [1.29, 1.82) is 0 Å². The molecule has 0 saturated carbocycles. The number of hydrogen-bond donors (Lipinski definition) is 2. The minimum Gasteiger partial charge on any atom is -0.435 e. The van der Waals surface area contributed by atoms with Gasteiger partial charge in [0.05, 0.1) is 11.9 Å². The zero-order valence-corrected chi connectivity index (χ0v) is 16.8. The normalized spacial score (nSPS) is 13.0. The van der Waals surface area contributed by atoms with Gasteiger partial charge in [0.2, 0.25) is 0 Å². The lowest BCUT2D eigenvalue weighted by atomic mass is 10.1. The number of aromatic amines is 2. The number of pyridine rings is 1. The summed E-state index contributed by atoms with van der Waals surface area (Å²) in [5.41, 5.74) is 4.14. The Morgan fingerprint density at radius 3 is 2.55 bits per heavy atom. The van der Waals surface area contributed by atoms with Crippen molar-refractivity contribution in [3.63, 3.8) is 0 Å². The van der Waals surface area contributed by atoms with Gasteiger partial charge in [0, 0.05) is 29.7 Å². The van der Waals surface area contributed by atoms with E-state index in [2.05, 4.69) is 24.9 Å². The number of hydrogen-bond acceptors (Lipinski definition) is 4. The van der Waals surface area contributed by atoms with Crippen molar-refractivity contribution in [2.45, 2.75) is 20.0 Å². The maximum atomic E-state index is 12.2. The van der Waals surface area contributed by atoms with E-state index in [1.54, 1.807) is 24.4 Å². The molecule has 1 aromatic carbocycles. The molecule has 1 amide bonds. The lowest BCUT2D eigenvalue weighted by Gasteiger charge is -2.30. The number of benzene rings is 1. The van der Waals surface area contributed by atoms with E-state index in [-0.39, 0.29) is 11.7 Å². The van der Waals surface area contributed by atoms with Crippen molar-refractivity contribution < 1.29 is 18.3 Å². The summed E-state index contributed by atoms with van der Waals surface area (Å²) in [7, 11) is 0. The Balaban J connectivity index is 0.000000196. The molecule has 2 N–H and O–H groups in total. The number of aromatic nitrogens is 4. The minimum atomic E-state index is -2.73.